The van der Waals surface area contributed by atoms with Crippen molar-refractivity contribution in [2.24, 2.45) is 0 Å². The molecule has 1 saturated carbocycles. The molecule has 0 unspecified atom stereocenters. The third kappa shape index (κ3) is 3.89. The van der Waals surface area contributed by atoms with Crippen molar-refractivity contribution in [3.8, 4) is 5.75 Å². The predicted molar refractivity (Wildman–Crippen MR) is 81.0 cm³/mol. The van der Waals surface area contributed by atoms with Gasteiger partial charge in [0.2, 0.25) is 0 Å². The molecule has 110 valence electrons. The first kappa shape index (κ1) is 14.7. The number of rotatable bonds is 3. The molecular formula is C16H24N2O2. The predicted octanol–water partition coefficient (Wildman–Crippen LogP) is 3.12. The van der Waals surface area contributed by atoms with Crippen LogP contribution in [0.1, 0.15) is 55.3 Å². The molecule has 0 aromatic heterocycles. The van der Waals surface area contributed by atoms with E-state index in [0.29, 0.717) is 17.0 Å². The number of anilines is 1. The van der Waals surface area contributed by atoms with Crippen LogP contribution in [-0.2, 0) is 0 Å². The molecule has 0 saturated heterocycles. The number of nitrogens with two attached hydrogens (primary N) is 1. The second-order valence-electron chi connectivity index (χ2n) is 5.47. The molecule has 1 aliphatic rings. The molecule has 0 aliphatic heterocycles. The number of hydrogen-bond donors (Lipinski definition) is 2. The topological polar surface area (TPSA) is 64.3 Å². The zero-order valence-electron chi connectivity index (χ0n) is 12.2. The van der Waals surface area contributed by atoms with Crippen LogP contribution < -0.4 is 15.8 Å². The highest BCUT2D eigenvalue weighted by Crippen LogP contribution is 2.21. The van der Waals surface area contributed by atoms with Crippen molar-refractivity contribution >= 4 is 11.6 Å². The number of amides is 1. The first-order chi connectivity index (χ1) is 9.70. The summed E-state index contributed by atoms with van der Waals surface area (Å²) in [6, 6.07) is 5.47. The molecule has 0 spiro atoms. The van der Waals surface area contributed by atoms with Gasteiger partial charge in [-0.25, -0.2) is 0 Å². The summed E-state index contributed by atoms with van der Waals surface area (Å²) >= 11 is 0. The van der Waals surface area contributed by atoms with Gasteiger partial charge in [-0.15, -0.1) is 0 Å². The number of nitrogen functional groups attached to an aromatic ring is 1. The Labute approximate surface area is 120 Å². The summed E-state index contributed by atoms with van der Waals surface area (Å²) < 4.78 is 5.10. The highest BCUT2D eigenvalue weighted by Gasteiger charge is 2.17. The van der Waals surface area contributed by atoms with Crippen molar-refractivity contribution < 1.29 is 9.53 Å². The van der Waals surface area contributed by atoms with Crippen LogP contribution in [0.4, 0.5) is 5.69 Å². The van der Waals surface area contributed by atoms with E-state index in [4.69, 9.17) is 10.5 Å². The summed E-state index contributed by atoms with van der Waals surface area (Å²) in [5.74, 6) is 0.598. The Morgan fingerprint density at radius 3 is 2.45 bits per heavy atom. The van der Waals surface area contributed by atoms with Crippen LogP contribution in [0, 0.1) is 0 Å². The SMILES string of the molecule is COc1ccc(C(=O)NC2CCCCCCC2)c(N)c1. The van der Waals surface area contributed by atoms with E-state index in [-0.39, 0.29) is 11.9 Å². The Balaban J connectivity index is 1.99. The van der Waals surface area contributed by atoms with E-state index < -0.39 is 0 Å². The fraction of sp³-hybridized carbons (Fsp3) is 0.562. The monoisotopic (exact) mass is 276 g/mol. The van der Waals surface area contributed by atoms with Crippen molar-refractivity contribution in [1.82, 2.24) is 5.32 Å². The summed E-state index contributed by atoms with van der Waals surface area (Å²) in [5, 5.41) is 3.12. The van der Waals surface area contributed by atoms with Gasteiger partial charge in [-0.1, -0.05) is 32.1 Å². The van der Waals surface area contributed by atoms with Gasteiger partial charge in [0.15, 0.2) is 0 Å². The van der Waals surface area contributed by atoms with Gasteiger partial charge in [0, 0.05) is 17.8 Å². The largest absolute Gasteiger partial charge is 0.497 e. The van der Waals surface area contributed by atoms with Crippen LogP contribution in [0.5, 0.6) is 5.75 Å². The molecule has 2 rings (SSSR count). The Hall–Kier alpha value is -1.71. The minimum absolute atomic E-state index is 0.0734. The number of ether oxygens (including phenoxy) is 1. The van der Waals surface area contributed by atoms with E-state index in [1.54, 1.807) is 25.3 Å². The van der Waals surface area contributed by atoms with Crippen LogP contribution in [0.25, 0.3) is 0 Å². The molecule has 0 radical (unpaired) electrons. The zero-order chi connectivity index (χ0) is 14.4. The van der Waals surface area contributed by atoms with Gasteiger partial charge in [-0.2, -0.15) is 0 Å². The van der Waals surface area contributed by atoms with Crippen LogP contribution in [0.3, 0.4) is 0 Å². The molecule has 1 aromatic rings. The Bertz CT molecular complexity index is 452. The van der Waals surface area contributed by atoms with Crippen LogP contribution in [0.15, 0.2) is 18.2 Å². The van der Waals surface area contributed by atoms with Crippen LogP contribution in [-0.4, -0.2) is 19.1 Å². The van der Waals surface area contributed by atoms with Crippen LogP contribution in [0.2, 0.25) is 0 Å². The number of hydrogen-bond acceptors (Lipinski definition) is 3. The maximum atomic E-state index is 12.3. The smallest absolute Gasteiger partial charge is 0.253 e. The quantitative estimate of drug-likeness (QED) is 0.834. The fourth-order valence-corrected chi connectivity index (χ4v) is 2.74. The second kappa shape index (κ2) is 7.17. The van der Waals surface area contributed by atoms with E-state index in [0.717, 1.165) is 12.8 Å². The van der Waals surface area contributed by atoms with Gasteiger partial charge in [0.1, 0.15) is 5.75 Å². The number of carbonyl (C=O) groups excluding carboxylic acids is 1. The number of benzene rings is 1. The molecule has 1 fully saturated rings. The Kier molecular flexibility index (Phi) is 5.27. The lowest BCUT2D eigenvalue weighted by molar-refractivity contribution is 0.0931. The van der Waals surface area contributed by atoms with Gasteiger partial charge >= 0.3 is 0 Å². The van der Waals surface area contributed by atoms with E-state index in [2.05, 4.69) is 5.32 Å². The molecule has 1 aliphatic carbocycles. The normalized spacial score (nSPS) is 17.1. The first-order valence-corrected chi connectivity index (χ1v) is 7.45. The molecular weight excluding hydrogens is 252 g/mol. The third-order valence-corrected chi connectivity index (χ3v) is 3.94. The molecule has 1 amide bonds. The minimum Gasteiger partial charge on any atom is -0.497 e. The average molecular weight is 276 g/mol. The molecule has 1 aromatic carbocycles. The van der Waals surface area contributed by atoms with E-state index >= 15 is 0 Å². The lowest BCUT2D eigenvalue weighted by atomic mass is 9.96. The van der Waals surface area contributed by atoms with Crippen molar-refractivity contribution in [2.75, 3.05) is 12.8 Å². The third-order valence-electron chi connectivity index (χ3n) is 3.94. The summed E-state index contributed by atoms with van der Waals surface area (Å²) in [5.41, 5.74) is 6.92. The van der Waals surface area contributed by atoms with Gasteiger partial charge in [0.05, 0.1) is 12.7 Å². The summed E-state index contributed by atoms with van der Waals surface area (Å²) in [6.07, 6.45) is 8.41. The molecule has 3 N–H and O–H groups in total. The van der Waals surface area contributed by atoms with Crippen LogP contribution >= 0.6 is 0 Å². The number of carbonyl (C=O) groups is 1. The summed E-state index contributed by atoms with van der Waals surface area (Å²) in [7, 11) is 1.59. The van der Waals surface area contributed by atoms with Gasteiger partial charge in [-0.05, 0) is 25.0 Å². The maximum absolute atomic E-state index is 12.3. The number of methoxy groups -OCH3 is 1. The summed E-state index contributed by atoms with van der Waals surface area (Å²) in [6.45, 7) is 0. The minimum atomic E-state index is -0.0734. The van der Waals surface area contributed by atoms with E-state index in [1.165, 1.54) is 32.1 Å². The molecule has 0 heterocycles. The standard InChI is InChI=1S/C16H24N2O2/c1-20-13-9-10-14(15(17)11-13)16(19)18-12-7-5-3-2-4-6-8-12/h9-12H,2-8,17H2,1H3,(H,18,19). The van der Waals surface area contributed by atoms with Crippen molar-refractivity contribution in [2.45, 2.75) is 51.0 Å². The van der Waals surface area contributed by atoms with Gasteiger partial charge in [0.25, 0.3) is 5.91 Å². The highest BCUT2D eigenvalue weighted by atomic mass is 16.5. The second-order valence-corrected chi connectivity index (χ2v) is 5.47. The van der Waals surface area contributed by atoms with Crippen molar-refractivity contribution in [3.63, 3.8) is 0 Å². The molecule has 4 nitrogen and oxygen atoms in total. The summed E-state index contributed by atoms with van der Waals surface area (Å²) in [4.78, 5) is 12.3. The first-order valence-electron chi connectivity index (χ1n) is 7.45. The molecule has 0 bridgehead atoms. The van der Waals surface area contributed by atoms with Gasteiger partial charge < -0.3 is 15.8 Å². The molecule has 0 atom stereocenters. The van der Waals surface area contributed by atoms with Crippen molar-refractivity contribution in [1.29, 1.82) is 0 Å². The molecule has 4 heteroatoms. The molecule has 20 heavy (non-hydrogen) atoms. The number of nitrogens with one attached hydrogen (secondary N) is 1. The Morgan fingerprint density at radius 2 is 1.85 bits per heavy atom. The van der Waals surface area contributed by atoms with E-state index in [9.17, 15) is 4.79 Å². The lowest BCUT2D eigenvalue weighted by Crippen LogP contribution is -2.35. The fourth-order valence-electron chi connectivity index (χ4n) is 2.74. The van der Waals surface area contributed by atoms with Crippen molar-refractivity contribution in [3.05, 3.63) is 23.8 Å². The zero-order valence-corrected chi connectivity index (χ0v) is 12.2. The lowest BCUT2D eigenvalue weighted by Gasteiger charge is -2.21. The van der Waals surface area contributed by atoms with E-state index in [1.807, 2.05) is 0 Å². The average Bonchev–Trinajstić information content (AvgIpc) is 2.41. The Morgan fingerprint density at radius 1 is 1.20 bits per heavy atom. The highest BCUT2D eigenvalue weighted by molar-refractivity contribution is 5.99. The maximum Gasteiger partial charge on any atom is 0.253 e. The van der Waals surface area contributed by atoms with Gasteiger partial charge in [-0.3, -0.25) is 4.79 Å².